The van der Waals surface area contributed by atoms with E-state index in [-0.39, 0.29) is 0 Å². The molecule has 1 heterocycles. The van der Waals surface area contributed by atoms with Crippen LogP contribution < -0.4 is 0 Å². The largest absolute Gasteiger partial charge is 0.337 e. The molecule has 1 aromatic carbocycles. The Kier molecular flexibility index (Phi) is 1.74. The predicted octanol–water partition coefficient (Wildman–Crippen LogP) is 3.36. The van der Waals surface area contributed by atoms with Crippen LogP contribution in [0.4, 0.5) is 5.69 Å². The van der Waals surface area contributed by atoms with Crippen LogP contribution in [0.25, 0.3) is 10.2 Å². The van der Waals surface area contributed by atoms with Crippen molar-refractivity contribution in [3.63, 3.8) is 0 Å². The van der Waals surface area contributed by atoms with Gasteiger partial charge in [-0.25, -0.2) is 0 Å². The Hall–Kier alpha value is -1.07. The van der Waals surface area contributed by atoms with Gasteiger partial charge in [-0.2, -0.15) is 0 Å². The van der Waals surface area contributed by atoms with Gasteiger partial charge in [-0.05, 0) is 35.6 Å². The maximum atomic E-state index is 10.2. The SMILES string of the molecule is O=Nc1ccc2[nH]c(=S)sc2c1. The standard InChI is InChI=1S/C7H4N2OS2/c10-9-4-1-2-5-6(3-4)12-7(11)8-5/h1-3H,(H,8,11). The first kappa shape index (κ1) is 7.57. The molecule has 2 aromatic rings. The van der Waals surface area contributed by atoms with E-state index in [4.69, 9.17) is 12.2 Å². The molecule has 0 saturated carbocycles. The maximum absolute atomic E-state index is 10.2. The lowest BCUT2D eigenvalue weighted by molar-refractivity contribution is 1.46. The minimum Gasteiger partial charge on any atom is -0.337 e. The molecule has 0 saturated heterocycles. The highest BCUT2D eigenvalue weighted by Gasteiger charge is 1.98. The summed E-state index contributed by atoms with van der Waals surface area (Å²) in [7, 11) is 0. The summed E-state index contributed by atoms with van der Waals surface area (Å²) in [4.78, 5) is 13.2. The molecule has 0 aliphatic carbocycles. The zero-order valence-electron chi connectivity index (χ0n) is 5.90. The van der Waals surface area contributed by atoms with Gasteiger partial charge in [0, 0.05) is 0 Å². The number of thiazole rings is 1. The molecule has 0 unspecified atom stereocenters. The summed E-state index contributed by atoms with van der Waals surface area (Å²) in [5.74, 6) is 0. The summed E-state index contributed by atoms with van der Waals surface area (Å²) in [6.45, 7) is 0. The minimum atomic E-state index is 0.438. The molecule has 0 amide bonds. The van der Waals surface area contributed by atoms with Crippen molar-refractivity contribution < 1.29 is 0 Å². The summed E-state index contributed by atoms with van der Waals surface area (Å²) >= 11 is 6.39. The zero-order chi connectivity index (χ0) is 8.55. The number of nitroso groups, excluding NO2 is 1. The van der Waals surface area contributed by atoms with E-state index < -0.39 is 0 Å². The lowest BCUT2D eigenvalue weighted by atomic mass is 10.3. The van der Waals surface area contributed by atoms with Crippen LogP contribution in [0.2, 0.25) is 0 Å². The molecule has 0 aliphatic heterocycles. The molecule has 1 aromatic heterocycles. The minimum absolute atomic E-state index is 0.438. The fourth-order valence-corrected chi connectivity index (χ4v) is 2.14. The molecule has 2 rings (SSSR count). The summed E-state index contributed by atoms with van der Waals surface area (Å²) < 4.78 is 1.69. The fourth-order valence-electron chi connectivity index (χ4n) is 0.991. The number of nitrogens with one attached hydrogen (secondary N) is 1. The highest BCUT2D eigenvalue weighted by molar-refractivity contribution is 7.73. The van der Waals surface area contributed by atoms with Crippen LogP contribution in [0.3, 0.4) is 0 Å². The highest BCUT2D eigenvalue weighted by atomic mass is 32.1. The molecule has 0 aliphatic rings. The number of H-pyrrole nitrogens is 1. The Morgan fingerprint density at radius 1 is 1.50 bits per heavy atom. The van der Waals surface area contributed by atoms with E-state index in [9.17, 15) is 4.91 Å². The van der Waals surface area contributed by atoms with Gasteiger partial charge in [0.1, 0.15) is 5.69 Å². The number of hydrogen-bond donors (Lipinski definition) is 1. The van der Waals surface area contributed by atoms with Crippen molar-refractivity contribution in [2.24, 2.45) is 5.18 Å². The van der Waals surface area contributed by atoms with E-state index >= 15 is 0 Å². The molecule has 0 fully saturated rings. The predicted molar refractivity (Wildman–Crippen MR) is 52.5 cm³/mol. The van der Waals surface area contributed by atoms with Crippen LogP contribution in [-0.4, -0.2) is 4.98 Å². The Balaban J connectivity index is 2.82. The smallest absolute Gasteiger partial charge is 0.159 e. The van der Waals surface area contributed by atoms with Crippen molar-refractivity contribution in [1.29, 1.82) is 0 Å². The second kappa shape index (κ2) is 2.76. The number of aromatic nitrogens is 1. The molecule has 12 heavy (non-hydrogen) atoms. The van der Waals surface area contributed by atoms with Crippen molar-refractivity contribution >= 4 is 39.5 Å². The number of benzene rings is 1. The van der Waals surface area contributed by atoms with Gasteiger partial charge in [0.2, 0.25) is 0 Å². The molecule has 0 bridgehead atoms. The summed E-state index contributed by atoms with van der Waals surface area (Å²) in [5, 5.41) is 2.84. The zero-order valence-corrected chi connectivity index (χ0v) is 7.54. The molecule has 0 radical (unpaired) electrons. The third kappa shape index (κ3) is 1.17. The highest BCUT2D eigenvalue weighted by Crippen LogP contribution is 2.24. The molecular weight excluding hydrogens is 192 g/mol. The van der Waals surface area contributed by atoms with Gasteiger partial charge in [0.25, 0.3) is 0 Å². The van der Waals surface area contributed by atoms with Gasteiger partial charge in [0.15, 0.2) is 3.95 Å². The molecular formula is C7H4N2OS2. The van der Waals surface area contributed by atoms with Crippen molar-refractivity contribution in [1.82, 2.24) is 4.98 Å². The summed E-state index contributed by atoms with van der Waals surface area (Å²) in [6.07, 6.45) is 0. The third-order valence-electron chi connectivity index (χ3n) is 1.51. The van der Waals surface area contributed by atoms with E-state index in [1.54, 1.807) is 18.2 Å². The van der Waals surface area contributed by atoms with Crippen LogP contribution in [0.5, 0.6) is 0 Å². The number of fused-ring (bicyclic) bond motifs is 1. The second-order valence-electron chi connectivity index (χ2n) is 2.29. The molecule has 0 atom stereocenters. The van der Waals surface area contributed by atoms with Gasteiger partial charge < -0.3 is 4.98 Å². The third-order valence-corrected chi connectivity index (χ3v) is 2.71. The fraction of sp³-hybridized carbons (Fsp3) is 0. The second-order valence-corrected chi connectivity index (χ2v) is 4.01. The van der Waals surface area contributed by atoms with E-state index in [1.165, 1.54) is 11.3 Å². The lowest BCUT2D eigenvalue weighted by Gasteiger charge is -1.87. The number of nitrogens with zero attached hydrogens (tertiary/aromatic N) is 1. The average molecular weight is 196 g/mol. The average Bonchev–Trinajstić information content (AvgIpc) is 2.43. The van der Waals surface area contributed by atoms with Gasteiger partial charge in [0.05, 0.1) is 10.2 Å². The van der Waals surface area contributed by atoms with Crippen LogP contribution in [0, 0.1) is 8.86 Å². The molecule has 3 nitrogen and oxygen atoms in total. The van der Waals surface area contributed by atoms with Crippen molar-refractivity contribution in [3.05, 3.63) is 27.1 Å². The number of rotatable bonds is 1. The molecule has 0 spiro atoms. The lowest BCUT2D eigenvalue weighted by Crippen LogP contribution is -1.65. The van der Waals surface area contributed by atoms with Crippen LogP contribution in [0.1, 0.15) is 0 Å². The number of hydrogen-bond acceptors (Lipinski definition) is 4. The maximum Gasteiger partial charge on any atom is 0.159 e. The first-order valence-corrected chi connectivity index (χ1v) is 4.48. The van der Waals surface area contributed by atoms with Crippen LogP contribution in [0.15, 0.2) is 23.4 Å². The quantitative estimate of drug-likeness (QED) is 0.561. The van der Waals surface area contributed by atoms with Crippen molar-refractivity contribution in [2.75, 3.05) is 0 Å². The van der Waals surface area contributed by atoms with Gasteiger partial charge in [-0.3, -0.25) is 0 Å². The topological polar surface area (TPSA) is 45.2 Å². The van der Waals surface area contributed by atoms with Gasteiger partial charge in [-0.15, -0.1) is 16.2 Å². The molecule has 5 heteroatoms. The Morgan fingerprint density at radius 2 is 2.33 bits per heavy atom. The van der Waals surface area contributed by atoms with Gasteiger partial charge in [-0.1, -0.05) is 0 Å². The monoisotopic (exact) mass is 196 g/mol. The Labute approximate surface area is 77.0 Å². The van der Waals surface area contributed by atoms with Crippen LogP contribution in [-0.2, 0) is 0 Å². The van der Waals surface area contributed by atoms with E-state index in [0.29, 0.717) is 9.64 Å². The summed E-state index contributed by atoms with van der Waals surface area (Å²) in [5.41, 5.74) is 1.39. The first-order valence-electron chi connectivity index (χ1n) is 3.26. The van der Waals surface area contributed by atoms with E-state index in [0.717, 1.165) is 10.2 Å². The normalized spacial score (nSPS) is 10.3. The van der Waals surface area contributed by atoms with Gasteiger partial charge >= 0.3 is 0 Å². The van der Waals surface area contributed by atoms with Crippen LogP contribution >= 0.6 is 23.6 Å². The Morgan fingerprint density at radius 3 is 3.08 bits per heavy atom. The summed E-state index contributed by atoms with van der Waals surface area (Å²) in [6, 6.07) is 5.19. The molecule has 1 N–H and O–H groups in total. The van der Waals surface area contributed by atoms with E-state index in [2.05, 4.69) is 10.2 Å². The Bertz CT molecular complexity index is 485. The molecule has 60 valence electrons. The number of aromatic amines is 1. The van der Waals surface area contributed by atoms with Crippen molar-refractivity contribution in [2.45, 2.75) is 0 Å². The van der Waals surface area contributed by atoms with E-state index in [1.807, 2.05) is 0 Å². The van der Waals surface area contributed by atoms with Crippen molar-refractivity contribution in [3.8, 4) is 0 Å². The first-order chi connectivity index (χ1) is 5.79.